The summed E-state index contributed by atoms with van der Waals surface area (Å²) in [5.74, 6) is 0.677. The molecule has 1 aliphatic heterocycles. The number of nitrogens with one attached hydrogen (secondary N) is 1. The van der Waals surface area contributed by atoms with Crippen LogP contribution in [0.1, 0.15) is 10.4 Å². The summed E-state index contributed by atoms with van der Waals surface area (Å²) < 4.78 is 16.7. The van der Waals surface area contributed by atoms with Crippen LogP contribution in [-0.2, 0) is 4.79 Å². The van der Waals surface area contributed by atoms with Crippen molar-refractivity contribution in [3.63, 3.8) is 0 Å². The van der Waals surface area contributed by atoms with E-state index in [9.17, 15) is 9.59 Å². The Balaban J connectivity index is 1.47. The predicted octanol–water partition coefficient (Wildman–Crippen LogP) is 1.12. The third kappa shape index (κ3) is 4.20. The van der Waals surface area contributed by atoms with Gasteiger partial charge in [0.2, 0.25) is 0 Å². The maximum Gasteiger partial charge on any atom is 0.258 e. The van der Waals surface area contributed by atoms with Gasteiger partial charge in [-0.1, -0.05) is 24.3 Å². The predicted molar refractivity (Wildman–Crippen MR) is 89.8 cm³/mol. The minimum atomic E-state index is -0.609. The molecule has 0 saturated heterocycles. The molecule has 2 aromatic carbocycles. The average molecular weight is 342 g/mol. The molecule has 130 valence electrons. The minimum absolute atomic E-state index is 0.228. The molecule has 3 N–H and O–H groups in total. The molecular weight excluding hydrogens is 324 g/mol. The van der Waals surface area contributed by atoms with Crippen molar-refractivity contribution in [2.45, 2.75) is 6.10 Å². The summed E-state index contributed by atoms with van der Waals surface area (Å²) in [4.78, 5) is 23.2. The van der Waals surface area contributed by atoms with Crippen molar-refractivity contribution in [3.05, 3.63) is 54.1 Å². The van der Waals surface area contributed by atoms with Crippen molar-refractivity contribution in [2.75, 3.05) is 19.8 Å². The standard InChI is InChI=1S/C18H18N2O5/c19-18(22)13-5-1-2-6-14(13)24-11-17(21)20-9-12-10-23-15-7-3-4-8-16(15)25-12/h1-8,12H,9-11H2,(H2,19,22)(H,20,21)/t12-/m1/s1. The number of primary amides is 1. The number of carbonyl (C=O) groups excluding carboxylic acids is 2. The second-order valence-corrected chi connectivity index (χ2v) is 5.45. The molecule has 2 aromatic rings. The lowest BCUT2D eigenvalue weighted by Gasteiger charge is -2.26. The summed E-state index contributed by atoms with van der Waals surface area (Å²) in [6, 6.07) is 13.9. The van der Waals surface area contributed by atoms with Gasteiger partial charge < -0.3 is 25.3 Å². The fraction of sp³-hybridized carbons (Fsp3) is 0.222. The molecule has 0 bridgehead atoms. The molecule has 0 radical (unpaired) electrons. The fourth-order valence-electron chi connectivity index (χ4n) is 2.38. The SMILES string of the molecule is NC(=O)c1ccccc1OCC(=O)NC[C@@H]1COc2ccccc2O1. The van der Waals surface area contributed by atoms with Gasteiger partial charge in [-0.2, -0.15) is 0 Å². The second kappa shape index (κ2) is 7.57. The highest BCUT2D eigenvalue weighted by atomic mass is 16.6. The zero-order valence-electron chi connectivity index (χ0n) is 13.4. The topological polar surface area (TPSA) is 99.9 Å². The van der Waals surface area contributed by atoms with Crippen LogP contribution in [0.15, 0.2) is 48.5 Å². The number of benzene rings is 2. The molecule has 7 heteroatoms. The first-order chi connectivity index (χ1) is 12.1. The lowest BCUT2D eigenvalue weighted by Crippen LogP contribution is -2.42. The molecule has 7 nitrogen and oxygen atoms in total. The lowest BCUT2D eigenvalue weighted by molar-refractivity contribution is -0.123. The van der Waals surface area contributed by atoms with Crippen molar-refractivity contribution in [3.8, 4) is 17.2 Å². The van der Waals surface area contributed by atoms with Crippen molar-refractivity contribution in [1.82, 2.24) is 5.32 Å². The summed E-state index contributed by atoms with van der Waals surface area (Å²) >= 11 is 0. The number of nitrogens with two attached hydrogens (primary N) is 1. The first-order valence-corrected chi connectivity index (χ1v) is 7.80. The van der Waals surface area contributed by atoms with E-state index in [-0.39, 0.29) is 36.5 Å². The number of hydrogen-bond donors (Lipinski definition) is 2. The van der Waals surface area contributed by atoms with Gasteiger partial charge in [0, 0.05) is 0 Å². The van der Waals surface area contributed by atoms with Gasteiger partial charge in [0.25, 0.3) is 11.8 Å². The van der Waals surface area contributed by atoms with Crippen LogP contribution in [0.5, 0.6) is 17.2 Å². The van der Waals surface area contributed by atoms with E-state index >= 15 is 0 Å². The quantitative estimate of drug-likeness (QED) is 0.819. The van der Waals surface area contributed by atoms with Crippen LogP contribution in [0.2, 0.25) is 0 Å². The molecule has 2 amide bonds. The van der Waals surface area contributed by atoms with Crippen LogP contribution in [0.25, 0.3) is 0 Å². The largest absolute Gasteiger partial charge is 0.486 e. The van der Waals surface area contributed by atoms with Gasteiger partial charge in [-0.05, 0) is 24.3 Å². The van der Waals surface area contributed by atoms with Gasteiger partial charge in [-0.15, -0.1) is 0 Å². The second-order valence-electron chi connectivity index (χ2n) is 5.45. The third-order valence-electron chi connectivity index (χ3n) is 3.61. The van der Waals surface area contributed by atoms with Gasteiger partial charge in [0.1, 0.15) is 18.5 Å². The Kier molecular flexibility index (Phi) is 5.03. The Hall–Kier alpha value is -3.22. The Bertz CT molecular complexity index is 778. The Morgan fingerprint density at radius 3 is 2.64 bits per heavy atom. The molecule has 1 atom stereocenters. The van der Waals surface area contributed by atoms with Gasteiger partial charge in [-0.3, -0.25) is 9.59 Å². The van der Waals surface area contributed by atoms with E-state index in [1.807, 2.05) is 24.3 Å². The van der Waals surface area contributed by atoms with Crippen LogP contribution < -0.4 is 25.3 Å². The number of fused-ring (bicyclic) bond motifs is 1. The monoisotopic (exact) mass is 342 g/mol. The highest BCUT2D eigenvalue weighted by Gasteiger charge is 2.21. The zero-order chi connectivity index (χ0) is 17.6. The summed E-state index contributed by atoms with van der Waals surface area (Å²) in [6.07, 6.45) is -0.281. The van der Waals surface area contributed by atoms with Gasteiger partial charge in [0.05, 0.1) is 12.1 Å². The van der Waals surface area contributed by atoms with Crippen LogP contribution in [0.3, 0.4) is 0 Å². The van der Waals surface area contributed by atoms with Crippen molar-refractivity contribution in [1.29, 1.82) is 0 Å². The van der Waals surface area contributed by atoms with E-state index in [1.165, 1.54) is 0 Å². The van der Waals surface area contributed by atoms with Crippen molar-refractivity contribution < 1.29 is 23.8 Å². The molecule has 3 rings (SSSR count). The van der Waals surface area contributed by atoms with Crippen LogP contribution in [0, 0.1) is 0 Å². The van der Waals surface area contributed by atoms with E-state index in [1.54, 1.807) is 24.3 Å². The van der Waals surface area contributed by atoms with Crippen LogP contribution in [0.4, 0.5) is 0 Å². The summed E-state index contributed by atoms with van der Waals surface area (Å²) in [5, 5.41) is 2.72. The van der Waals surface area contributed by atoms with Crippen molar-refractivity contribution >= 4 is 11.8 Å². The summed E-state index contributed by atoms with van der Waals surface area (Å²) in [5.41, 5.74) is 5.50. The fourth-order valence-corrected chi connectivity index (χ4v) is 2.38. The molecule has 25 heavy (non-hydrogen) atoms. The van der Waals surface area contributed by atoms with Gasteiger partial charge in [0.15, 0.2) is 18.1 Å². The number of amides is 2. The maximum absolute atomic E-state index is 11.9. The molecule has 1 heterocycles. The molecule has 0 spiro atoms. The molecule has 0 aliphatic carbocycles. The first kappa shape index (κ1) is 16.6. The number of para-hydroxylation sites is 3. The number of rotatable bonds is 6. The van der Waals surface area contributed by atoms with E-state index in [0.717, 1.165) is 0 Å². The summed E-state index contributed by atoms with van der Waals surface area (Å²) in [6.45, 7) is 0.408. The van der Waals surface area contributed by atoms with Gasteiger partial charge >= 0.3 is 0 Å². The van der Waals surface area contributed by atoms with E-state index in [2.05, 4.69) is 5.32 Å². The normalized spacial score (nSPS) is 15.3. The molecule has 0 aromatic heterocycles. The van der Waals surface area contributed by atoms with Crippen LogP contribution >= 0.6 is 0 Å². The third-order valence-corrected chi connectivity index (χ3v) is 3.61. The summed E-state index contributed by atoms with van der Waals surface area (Å²) in [7, 11) is 0. The lowest BCUT2D eigenvalue weighted by atomic mass is 10.2. The molecule has 1 aliphatic rings. The Morgan fingerprint density at radius 1 is 1.12 bits per heavy atom. The Labute approximate surface area is 144 Å². The van der Waals surface area contributed by atoms with Crippen molar-refractivity contribution in [2.24, 2.45) is 5.73 Å². The minimum Gasteiger partial charge on any atom is -0.486 e. The highest BCUT2D eigenvalue weighted by molar-refractivity contribution is 5.95. The van der Waals surface area contributed by atoms with Gasteiger partial charge in [-0.25, -0.2) is 0 Å². The first-order valence-electron chi connectivity index (χ1n) is 7.80. The molecular formula is C18H18N2O5. The number of carbonyl (C=O) groups is 2. The van der Waals surface area contributed by atoms with E-state index < -0.39 is 5.91 Å². The average Bonchev–Trinajstić information content (AvgIpc) is 2.64. The number of ether oxygens (including phenoxy) is 3. The molecule has 0 saturated carbocycles. The van der Waals surface area contributed by atoms with E-state index in [4.69, 9.17) is 19.9 Å². The maximum atomic E-state index is 11.9. The molecule has 0 fully saturated rings. The highest BCUT2D eigenvalue weighted by Crippen LogP contribution is 2.30. The smallest absolute Gasteiger partial charge is 0.258 e. The Morgan fingerprint density at radius 2 is 1.84 bits per heavy atom. The zero-order valence-corrected chi connectivity index (χ0v) is 13.4. The van der Waals surface area contributed by atoms with E-state index in [0.29, 0.717) is 18.1 Å². The number of hydrogen-bond acceptors (Lipinski definition) is 5. The van der Waals surface area contributed by atoms with Crippen LogP contribution in [-0.4, -0.2) is 37.7 Å². The molecule has 0 unspecified atom stereocenters.